The predicted molar refractivity (Wildman–Crippen MR) is 84.5 cm³/mol. The highest BCUT2D eigenvalue weighted by Crippen LogP contribution is 2.17. The first-order chi connectivity index (χ1) is 10.3. The van der Waals surface area contributed by atoms with Crippen molar-refractivity contribution in [1.29, 1.82) is 0 Å². The van der Waals surface area contributed by atoms with Crippen LogP contribution in [0.3, 0.4) is 0 Å². The molecule has 7 nitrogen and oxygen atoms in total. The Morgan fingerprint density at radius 2 is 2.00 bits per heavy atom. The topological polar surface area (TPSA) is 101 Å². The van der Waals surface area contributed by atoms with E-state index >= 15 is 0 Å². The Kier molecular flexibility index (Phi) is 4.89. The highest BCUT2D eigenvalue weighted by molar-refractivity contribution is 7.89. The van der Waals surface area contributed by atoms with Gasteiger partial charge in [0.2, 0.25) is 15.2 Å². The van der Waals surface area contributed by atoms with Crippen LogP contribution in [0.1, 0.15) is 29.2 Å². The fraction of sp³-hybridized carbons (Fsp3) is 0.308. The number of carbonyl (C=O) groups is 1. The average Bonchev–Trinajstić information content (AvgIpc) is 2.83. The number of rotatable bonds is 5. The number of carbonyl (C=O) groups excluding carboxylic acids is 1. The molecule has 2 aromatic rings. The van der Waals surface area contributed by atoms with Gasteiger partial charge < -0.3 is 0 Å². The van der Waals surface area contributed by atoms with E-state index in [9.17, 15) is 13.2 Å². The van der Waals surface area contributed by atoms with E-state index in [2.05, 4.69) is 20.2 Å². The molecule has 0 aliphatic rings. The molecule has 0 radical (unpaired) electrons. The first-order valence-electron chi connectivity index (χ1n) is 6.52. The molecule has 2 rings (SSSR count). The van der Waals surface area contributed by atoms with Gasteiger partial charge in [0.15, 0.2) is 0 Å². The monoisotopic (exact) mass is 340 g/mol. The lowest BCUT2D eigenvalue weighted by atomic mass is 10.2. The van der Waals surface area contributed by atoms with Crippen LogP contribution >= 0.6 is 11.3 Å². The van der Waals surface area contributed by atoms with Crippen LogP contribution in [0.25, 0.3) is 0 Å². The van der Waals surface area contributed by atoms with Gasteiger partial charge in [-0.1, -0.05) is 17.4 Å². The van der Waals surface area contributed by atoms with Gasteiger partial charge in [0.05, 0.1) is 4.90 Å². The molecule has 0 saturated heterocycles. The summed E-state index contributed by atoms with van der Waals surface area (Å²) in [6, 6.07) is 5.60. The number of nitrogens with one attached hydrogen (secondary N) is 2. The van der Waals surface area contributed by atoms with Crippen LogP contribution in [0.4, 0.5) is 5.13 Å². The standard InChI is InChI=1S/C13H16N4O3S2/c1-8(2)17-22(19,20)11-6-4-5-10(7-11)12(18)14-13-16-15-9(3)21-13/h4-8,17H,1-3H3,(H,14,16,18). The molecular weight excluding hydrogens is 324 g/mol. The van der Waals surface area contributed by atoms with Crippen molar-refractivity contribution in [2.45, 2.75) is 31.7 Å². The van der Waals surface area contributed by atoms with E-state index in [0.29, 0.717) is 5.13 Å². The summed E-state index contributed by atoms with van der Waals surface area (Å²) >= 11 is 1.24. The summed E-state index contributed by atoms with van der Waals surface area (Å²) in [5.74, 6) is -0.433. The molecule has 2 N–H and O–H groups in total. The molecular formula is C13H16N4O3S2. The molecule has 9 heteroatoms. The van der Waals surface area contributed by atoms with E-state index in [0.717, 1.165) is 5.01 Å². The van der Waals surface area contributed by atoms with Crippen LogP contribution < -0.4 is 10.0 Å². The second-order valence-electron chi connectivity index (χ2n) is 4.88. The van der Waals surface area contributed by atoms with Gasteiger partial charge in [0.1, 0.15) is 5.01 Å². The summed E-state index contributed by atoms with van der Waals surface area (Å²) in [6.45, 7) is 5.23. The van der Waals surface area contributed by atoms with Crippen LogP contribution in [0.2, 0.25) is 0 Å². The second kappa shape index (κ2) is 6.51. The van der Waals surface area contributed by atoms with E-state index in [1.54, 1.807) is 20.8 Å². The Morgan fingerprint density at radius 1 is 1.27 bits per heavy atom. The maximum absolute atomic E-state index is 12.1. The molecule has 0 aliphatic carbocycles. The third-order valence-electron chi connectivity index (χ3n) is 2.54. The number of amides is 1. The average molecular weight is 340 g/mol. The summed E-state index contributed by atoms with van der Waals surface area (Å²) in [7, 11) is -3.64. The fourth-order valence-electron chi connectivity index (χ4n) is 1.70. The molecule has 0 saturated carbocycles. The van der Waals surface area contributed by atoms with E-state index in [1.165, 1.54) is 35.6 Å². The third kappa shape index (κ3) is 4.09. The Morgan fingerprint density at radius 3 is 2.59 bits per heavy atom. The minimum atomic E-state index is -3.64. The lowest BCUT2D eigenvalue weighted by Crippen LogP contribution is -2.30. The van der Waals surface area contributed by atoms with E-state index in [4.69, 9.17) is 0 Å². The van der Waals surface area contributed by atoms with Gasteiger partial charge in [-0.3, -0.25) is 10.1 Å². The zero-order chi connectivity index (χ0) is 16.3. The Labute approximate surface area is 132 Å². The van der Waals surface area contributed by atoms with Crippen molar-refractivity contribution in [3.8, 4) is 0 Å². The molecule has 0 spiro atoms. The minimum Gasteiger partial charge on any atom is -0.296 e. The zero-order valence-corrected chi connectivity index (χ0v) is 14.0. The van der Waals surface area contributed by atoms with Crippen molar-refractivity contribution in [2.75, 3.05) is 5.32 Å². The Bertz CT molecular complexity index is 784. The lowest BCUT2D eigenvalue weighted by molar-refractivity contribution is 0.102. The highest BCUT2D eigenvalue weighted by Gasteiger charge is 2.17. The van der Waals surface area contributed by atoms with Crippen LogP contribution in [-0.2, 0) is 10.0 Å². The van der Waals surface area contributed by atoms with Crippen molar-refractivity contribution >= 4 is 32.4 Å². The number of benzene rings is 1. The van der Waals surface area contributed by atoms with Crippen molar-refractivity contribution in [3.63, 3.8) is 0 Å². The second-order valence-corrected chi connectivity index (χ2v) is 7.78. The number of anilines is 1. The SMILES string of the molecule is Cc1nnc(NC(=O)c2cccc(S(=O)(=O)NC(C)C)c2)s1. The third-order valence-corrected chi connectivity index (χ3v) is 4.95. The van der Waals surface area contributed by atoms with Gasteiger partial charge in [-0.2, -0.15) is 0 Å². The van der Waals surface area contributed by atoms with Gasteiger partial charge in [-0.15, -0.1) is 10.2 Å². The molecule has 0 aliphatic heterocycles. The van der Waals surface area contributed by atoms with Crippen molar-refractivity contribution in [1.82, 2.24) is 14.9 Å². The Hall–Kier alpha value is -1.84. The molecule has 0 unspecified atom stereocenters. The zero-order valence-electron chi connectivity index (χ0n) is 12.3. The van der Waals surface area contributed by atoms with E-state index in [-0.39, 0.29) is 16.5 Å². The van der Waals surface area contributed by atoms with Gasteiger partial charge in [-0.25, -0.2) is 13.1 Å². The molecule has 0 bridgehead atoms. The molecule has 0 fully saturated rings. The maximum atomic E-state index is 12.1. The Balaban J connectivity index is 2.22. The normalized spacial score (nSPS) is 11.6. The smallest absolute Gasteiger partial charge is 0.257 e. The summed E-state index contributed by atoms with van der Waals surface area (Å²) in [5, 5.41) is 11.3. The van der Waals surface area contributed by atoms with Crippen molar-refractivity contribution in [2.24, 2.45) is 0 Å². The van der Waals surface area contributed by atoms with Crippen LogP contribution in [0.15, 0.2) is 29.2 Å². The number of aromatic nitrogens is 2. The first kappa shape index (κ1) is 16.5. The van der Waals surface area contributed by atoms with Gasteiger partial charge in [0, 0.05) is 11.6 Å². The first-order valence-corrected chi connectivity index (χ1v) is 8.82. The summed E-state index contributed by atoms with van der Waals surface area (Å²) in [6.07, 6.45) is 0. The molecule has 0 atom stereocenters. The van der Waals surface area contributed by atoms with Gasteiger partial charge in [-0.05, 0) is 39.0 Å². The van der Waals surface area contributed by atoms with Crippen molar-refractivity contribution in [3.05, 3.63) is 34.8 Å². The van der Waals surface area contributed by atoms with Gasteiger partial charge in [0.25, 0.3) is 5.91 Å². The number of sulfonamides is 1. The summed E-state index contributed by atoms with van der Waals surface area (Å²) in [4.78, 5) is 12.2. The van der Waals surface area contributed by atoms with Crippen LogP contribution in [0, 0.1) is 6.92 Å². The molecule has 1 heterocycles. The number of aryl methyl sites for hydroxylation is 1. The number of hydrogen-bond donors (Lipinski definition) is 2. The maximum Gasteiger partial charge on any atom is 0.257 e. The predicted octanol–water partition coefficient (Wildman–Crippen LogP) is 1.79. The summed E-state index contributed by atoms with van der Waals surface area (Å²) < 4.78 is 26.7. The quantitative estimate of drug-likeness (QED) is 0.864. The number of hydrogen-bond acceptors (Lipinski definition) is 6. The molecule has 1 amide bonds. The number of nitrogens with zero attached hydrogens (tertiary/aromatic N) is 2. The molecule has 1 aromatic carbocycles. The highest BCUT2D eigenvalue weighted by atomic mass is 32.2. The van der Waals surface area contributed by atoms with E-state index < -0.39 is 15.9 Å². The largest absolute Gasteiger partial charge is 0.296 e. The van der Waals surface area contributed by atoms with E-state index in [1.807, 2.05) is 0 Å². The lowest BCUT2D eigenvalue weighted by Gasteiger charge is -2.10. The minimum absolute atomic E-state index is 0.0438. The van der Waals surface area contributed by atoms with Crippen LogP contribution in [-0.4, -0.2) is 30.6 Å². The van der Waals surface area contributed by atoms with Crippen LogP contribution in [0.5, 0.6) is 0 Å². The van der Waals surface area contributed by atoms with Gasteiger partial charge >= 0.3 is 0 Å². The molecule has 118 valence electrons. The summed E-state index contributed by atoms with van der Waals surface area (Å²) in [5.41, 5.74) is 0.236. The molecule has 1 aromatic heterocycles. The fourth-order valence-corrected chi connectivity index (χ4v) is 3.58. The molecule has 22 heavy (non-hydrogen) atoms. The van der Waals surface area contributed by atoms with Crippen molar-refractivity contribution < 1.29 is 13.2 Å².